The number of carbonyl (C=O) groups is 2. The van der Waals surface area contributed by atoms with E-state index in [0.29, 0.717) is 18.2 Å². The maximum atomic E-state index is 12.1. The van der Waals surface area contributed by atoms with Gasteiger partial charge in [-0.1, -0.05) is 38.3 Å². The van der Waals surface area contributed by atoms with Gasteiger partial charge in [-0.25, -0.2) is 0 Å². The van der Waals surface area contributed by atoms with E-state index in [1.807, 2.05) is 18.2 Å². The third-order valence-electron chi connectivity index (χ3n) is 4.40. The SMILES string of the molecule is CC[C@@H]1CCC[C@@H](NC(=O)C(=O)Nc2cccc(COC)c2)C1. The first-order chi connectivity index (χ1) is 11.1. The third-order valence-corrected chi connectivity index (χ3v) is 4.40. The molecule has 2 amide bonds. The summed E-state index contributed by atoms with van der Waals surface area (Å²) >= 11 is 0. The summed E-state index contributed by atoms with van der Waals surface area (Å²) in [6, 6.07) is 7.42. The minimum Gasteiger partial charge on any atom is -0.380 e. The second-order valence-electron chi connectivity index (χ2n) is 6.20. The molecule has 5 heteroatoms. The van der Waals surface area contributed by atoms with Crippen molar-refractivity contribution in [3.8, 4) is 0 Å². The van der Waals surface area contributed by atoms with Gasteiger partial charge in [0, 0.05) is 18.8 Å². The topological polar surface area (TPSA) is 67.4 Å². The van der Waals surface area contributed by atoms with Crippen molar-refractivity contribution in [3.63, 3.8) is 0 Å². The molecule has 0 radical (unpaired) electrons. The van der Waals surface area contributed by atoms with Crippen molar-refractivity contribution in [2.24, 2.45) is 5.92 Å². The summed E-state index contributed by atoms with van der Waals surface area (Å²) in [7, 11) is 1.62. The average Bonchev–Trinajstić information content (AvgIpc) is 2.55. The molecule has 1 aromatic rings. The van der Waals surface area contributed by atoms with Crippen molar-refractivity contribution in [1.29, 1.82) is 0 Å². The van der Waals surface area contributed by atoms with Gasteiger partial charge in [0.25, 0.3) is 0 Å². The normalized spacial score (nSPS) is 20.8. The molecule has 2 atom stereocenters. The van der Waals surface area contributed by atoms with Gasteiger partial charge < -0.3 is 15.4 Å². The largest absolute Gasteiger partial charge is 0.380 e. The summed E-state index contributed by atoms with van der Waals surface area (Å²) in [5.41, 5.74) is 1.55. The van der Waals surface area contributed by atoms with Crippen LogP contribution in [0.25, 0.3) is 0 Å². The second kappa shape index (κ2) is 8.67. The van der Waals surface area contributed by atoms with Crippen LogP contribution < -0.4 is 10.6 Å². The number of rotatable bonds is 5. The first-order valence-corrected chi connectivity index (χ1v) is 8.32. The minimum absolute atomic E-state index is 0.117. The molecule has 0 aromatic heterocycles. The van der Waals surface area contributed by atoms with E-state index >= 15 is 0 Å². The van der Waals surface area contributed by atoms with Gasteiger partial charge in [0.05, 0.1) is 6.61 Å². The summed E-state index contributed by atoms with van der Waals surface area (Å²) in [4.78, 5) is 24.1. The van der Waals surface area contributed by atoms with E-state index < -0.39 is 11.8 Å². The Kier molecular flexibility index (Phi) is 6.59. The number of ether oxygens (including phenoxy) is 1. The van der Waals surface area contributed by atoms with Gasteiger partial charge >= 0.3 is 11.8 Å². The van der Waals surface area contributed by atoms with E-state index in [4.69, 9.17) is 4.74 Å². The fraction of sp³-hybridized carbons (Fsp3) is 0.556. The Labute approximate surface area is 137 Å². The molecular formula is C18H26N2O3. The zero-order valence-electron chi connectivity index (χ0n) is 13.9. The molecule has 0 aliphatic heterocycles. The number of amides is 2. The van der Waals surface area contributed by atoms with Crippen LogP contribution in [0.3, 0.4) is 0 Å². The van der Waals surface area contributed by atoms with E-state index in [9.17, 15) is 9.59 Å². The minimum atomic E-state index is -0.613. The summed E-state index contributed by atoms with van der Waals surface area (Å²) in [5, 5.41) is 5.52. The quantitative estimate of drug-likeness (QED) is 0.820. The lowest BCUT2D eigenvalue weighted by atomic mass is 9.84. The van der Waals surface area contributed by atoms with Crippen LogP contribution in [0.1, 0.15) is 44.6 Å². The lowest BCUT2D eigenvalue weighted by molar-refractivity contribution is -0.136. The zero-order chi connectivity index (χ0) is 16.7. The van der Waals surface area contributed by atoms with Crippen molar-refractivity contribution in [2.45, 2.75) is 51.7 Å². The standard InChI is InChI=1S/C18H26N2O3/c1-3-13-6-4-8-15(10-13)19-17(21)18(22)20-16-9-5-7-14(11-16)12-23-2/h5,7,9,11,13,15H,3-4,6,8,10,12H2,1-2H3,(H,19,21)(H,20,22)/t13-,15-/m1/s1. The van der Waals surface area contributed by atoms with Gasteiger partial charge in [-0.05, 0) is 36.5 Å². The predicted octanol–water partition coefficient (Wildman–Crippen LogP) is 2.86. The van der Waals surface area contributed by atoms with Crippen LogP contribution in [0.2, 0.25) is 0 Å². The molecule has 0 spiro atoms. The Hall–Kier alpha value is -1.88. The fourth-order valence-corrected chi connectivity index (χ4v) is 3.14. The van der Waals surface area contributed by atoms with Gasteiger partial charge in [0.1, 0.15) is 0 Å². The molecule has 5 nitrogen and oxygen atoms in total. The number of hydrogen-bond acceptors (Lipinski definition) is 3. The van der Waals surface area contributed by atoms with E-state index in [1.165, 1.54) is 6.42 Å². The lowest BCUT2D eigenvalue weighted by Crippen LogP contribution is -2.43. The molecule has 0 bridgehead atoms. The van der Waals surface area contributed by atoms with E-state index in [-0.39, 0.29) is 6.04 Å². The van der Waals surface area contributed by atoms with Crippen molar-refractivity contribution in [1.82, 2.24) is 5.32 Å². The lowest BCUT2D eigenvalue weighted by Gasteiger charge is -2.28. The second-order valence-corrected chi connectivity index (χ2v) is 6.20. The number of hydrogen-bond donors (Lipinski definition) is 2. The maximum Gasteiger partial charge on any atom is 0.313 e. The highest BCUT2D eigenvalue weighted by atomic mass is 16.5. The van der Waals surface area contributed by atoms with Crippen LogP contribution in [0, 0.1) is 5.92 Å². The number of nitrogens with one attached hydrogen (secondary N) is 2. The Morgan fingerprint density at radius 1 is 1.26 bits per heavy atom. The van der Waals surface area contributed by atoms with Crippen LogP contribution in [0.5, 0.6) is 0 Å². The first kappa shape index (κ1) is 17.5. The summed E-state index contributed by atoms with van der Waals surface area (Å²) in [6.45, 7) is 2.64. The van der Waals surface area contributed by atoms with Crippen molar-refractivity contribution >= 4 is 17.5 Å². The number of benzene rings is 1. The van der Waals surface area contributed by atoms with Gasteiger partial charge in [-0.15, -0.1) is 0 Å². The molecule has 2 rings (SSSR count). The van der Waals surface area contributed by atoms with Gasteiger partial charge in [-0.3, -0.25) is 9.59 Å². The third kappa shape index (κ3) is 5.36. The van der Waals surface area contributed by atoms with Gasteiger partial charge in [0.2, 0.25) is 0 Å². The van der Waals surface area contributed by atoms with Gasteiger partial charge in [0.15, 0.2) is 0 Å². The molecule has 0 heterocycles. The summed E-state index contributed by atoms with van der Waals surface area (Å²) < 4.78 is 5.06. The van der Waals surface area contributed by atoms with E-state index in [2.05, 4.69) is 17.6 Å². The molecular weight excluding hydrogens is 292 g/mol. The molecule has 23 heavy (non-hydrogen) atoms. The zero-order valence-corrected chi connectivity index (χ0v) is 13.9. The summed E-state index contributed by atoms with van der Waals surface area (Å²) in [6.07, 6.45) is 5.40. The van der Waals surface area contributed by atoms with E-state index in [1.54, 1.807) is 13.2 Å². The molecule has 1 aromatic carbocycles. The molecule has 1 fully saturated rings. The predicted molar refractivity (Wildman–Crippen MR) is 90.0 cm³/mol. The Bertz CT molecular complexity index is 545. The Morgan fingerprint density at radius 3 is 2.83 bits per heavy atom. The molecule has 1 aliphatic rings. The maximum absolute atomic E-state index is 12.1. The highest BCUT2D eigenvalue weighted by molar-refractivity contribution is 6.39. The first-order valence-electron chi connectivity index (χ1n) is 8.32. The van der Waals surface area contributed by atoms with Crippen molar-refractivity contribution < 1.29 is 14.3 Å². The molecule has 126 valence electrons. The van der Waals surface area contributed by atoms with Crippen LogP contribution in [-0.2, 0) is 20.9 Å². The Morgan fingerprint density at radius 2 is 2.09 bits per heavy atom. The van der Waals surface area contributed by atoms with Crippen molar-refractivity contribution in [3.05, 3.63) is 29.8 Å². The monoisotopic (exact) mass is 318 g/mol. The van der Waals surface area contributed by atoms with Crippen LogP contribution >= 0.6 is 0 Å². The van der Waals surface area contributed by atoms with Crippen LogP contribution in [-0.4, -0.2) is 25.0 Å². The fourth-order valence-electron chi connectivity index (χ4n) is 3.14. The highest BCUT2D eigenvalue weighted by Crippen LogP contribution is 2.26. The molecule has 1 saturated carbocycles. The average molecular weight is 318 g/mol. The molecule has 1 aliphatic carbocycles. The molecule has 0 unspecified atom stereocenters. The number of anilines is 1. The van der Waals surface area contributed by atoms with Gasteiger partial charge in [-0.2, -0.15) is 0 Å². The number of carbonyl (C=O) groups excluding carboxylic acids is 2. The van der Waals surface area contributed by atoms with Crippen molar-refractivity contribution in [2.75, 3.05) is 12.4 Å². The summed E-state index contributed by atoms with van der Waals surface area (Å²) in [5.74, 6) is -0.509. The van der Waals surface area contributed by atoms with E-state index in [0.717, 1.165) is 31.2 Å². The highest BCUT2D eigenvalue weighted by Gasteiger charge is 2.24. The van der Waals surface area contributed by atoms with Crippen LogP contribution in [0.15, 0.2) is 24.3 Å². The number of methoxy groups -OCH3 is 1. The Balaban J connectivity index is 1.87. The molecule has 2 N–H and O–H groups in total. The molecule has 0 saturated heterocycles. The smallest absolute Gasteiger partial charge is 0.313 e. The van der Waals surface area contributed by atoms with Crippen LogP contribution in [0.4, 0.5) is 5.69 Å².